The van der Waals surface area contributed by atoms with Crippen LogP contribution in [0.15, 0.2) is 39.8 Å². The first kappa shape index (κ1) is 17.5. The predicted molar refractivity (Wildman–Crippen MR) is 92.8 cm³/mol. The Morgan fingerprint density at radius 1 is 1.16 bits per heavy atom. The molecule has 1 aromatic carbocycles. The Labute approximate surface area is 146 Å². The summed E-state index contributed by atoms with van der Waals surface area (Å²) in [6.45, 7) is 1.67. The number of rotatable bonds is 5. The maximum atomic E-state index is 12.3. The lowest BCUT2D eigenvalue weighted by Gasteiger charge is -2.22. The summed E-state index contributed by atoms with van der Waals surface area (Å²) in [6, 6.07) is 7.54. The zero-order valence-electron chi connectivity index (χ0n) is 14.0. The molecule has 0 spiro atoms. The largest absolute Gasteiger partial charge is 0.360 e. The van der Waals surface area contributed by atoms with E-state index in [9.17, 15) is 13.2 Å². The molecule has 0 atom stereocenters. The van der Waals surface area contributed by atoms with Crippen LogP contribution in [0.5, 0.6) is 0 Å². The van der Waals surface area contributed by atoms with Crippen molar-refractivity contribution in [1.29, 1.82) is 0 Å². The van der Waals surface area contributed by atoms with Gasteiger partial charge in [0.15, 0.2) is 5.82 Å². The van der Waals surface area contributed by atoms with Crippen LogP contribution in [0.1, 0.15) is 48.2 Å². The van der Waals surface area contributed by atoms with Crippen molar-refractivity contribution >= 4 is 21.7 Å². The van der Waals surface area contributed by atoms with E-state index in [4.69, 9.17) is 4.52 Å². The second-order valence-electron chi connectivity index (χ2n) is 6.26. The van der Waals surface area contributed by atoms with Crippen LogP contribution in [0.3, 0.4) is 0 Å². The second kappa shape index (κ2) is 7.26. The van der Waals surface area contributed by atoms with Crippen molar-refractivity contribution in [2.75, 3.05) is 4.72 Å². The molecular weight excluding hydrogens is 342 g/mol. The Morgan fingerprint density at radius 2 is 1.84 bits per heavy atom. The molecular formula is C17H21N3O4S. The van der Waals surface area contributed by atoms with Crippen molar-refractivity contribution in [3.05, 3.63) is 41.7 Å². The number of anilines is 1. The molecule has 0 bridgehead atoms. The first-order valence-corrected chi connectivity index (χ1v) is 9.79. The van der Waals surface area contributed by atoms with Crippen LogP contribution < -0.4 is 10.0 Å². The number of aromatic nitrogens is 1. The van der Waals surface area contributed by atoms with E-state index in [0.717, 1.165) is 25.7 Å². The summed E-state index contributed by atoms with van der Waals surface area (Å²) >= 11 is 0. The minimum Gasteiger partial charge on any atom is -0.360 e. The Morgan fingerprint density at radius 3 is 2.44 bits per heavy atom. The van der Waals surface area contributed by atoms with Gasteiger partial charge in [0.2, 0.25) is 0 Å². The predicted octanol–water partition coefficient (Wildman–Crippen LogP) is 2.85. The second-order valence-corrected chi connectivity index (χ2v) is 7.94. The molecule has 1 saturated carbocycles. The number of nitrogens with zero attached hydrogens (tertiary/aromatic N) is 1. The minimum absolute atomic E-state index is 0.0577. The molecule has 2 N–H and O–H groups in total. The number of sulfonamides is 1. The highest BCUT2D eigenvalue weighted by atomic mass is 32.2. The highest BCUT2D eigenvalue weighted by Crippen LogP contribution is 2.19. The van der Waals surface area contributed by atoms with Crippen molar-refractivity contribution in [3.63, 3.8) is 0 Å². The summed E-state index contributed by atoms with van der Waals surface area (Å²) in [5, 5.41) is 6.62. The number of benzene rings is 1. The number of nitrogens with one attached hydrogen (secondary N) is 2. The molecule has 0 unspecified atom stereocenters. The molecule has 8 heteroatoms. The quantitative estimate of drug-likeness (QED) is 0.850. The fraction of sp³-hybridized carbons (Fsp3) is 0.412. The van der Waals surface area contributed by atoms with Gasteiger partial charge in [0.1, 0.15) is 5.76 Å². The van der Waals surface area contributed by atoms with Crippen LogP contribution in [-0.2, 0) is 10.0 Å². The maximum absolute atomic E-state index is 12.3. The van der Waals surface area contributed by atoms with Gasteiger partial charge in [0.05, 0.1) is 4.90 Å². The van der Waals surface area contributed by atoms with E-state index in [0.29, 0.717) is 11.3 Å². The fourth-order valence-corrected chi connectivity index (χ4v) is 3.90. The monoisotopic (exact) mass is 363 g/mol. The normalized spacial score (nSPS) is 15.7. The van der Waals surface area contributed by atoms with E-state index in [-0.39, 0.29) is 22.7 Å². The summed E-state index contributed by atoms with van der Waals surface area (Å²) in [4.78, 5) is 12.3. The van der Waals surface area contributed by atoms with Gasteiger partial charge in [-0.05, 0) is 44.0 Å². The van der Waals surface area contributed by atoms with Crippen LogP contribution >= 0.6 is 0 Å². The summed E-state index contributed by atoms with van der Waals surface area (Å²) in [5.41, 5.74) is 0.446. The Balaban J connectivity index is 1.67. The van der Waals surface area contributed by atoms with E-state index in [1.165, 1.54) is 36.8 Å². The summed E-state index contributed by atoms with van der Waals surface area (Å²) < 4.78 is 31.8. The molecule has 1 aromatic heterocycles. The van der Waals surface area contributed by atoms with Crippen LogP contribution in [-0.4, -0.2) is 25.5 Å². The van der Waals surface area contributed by atoms with Crippen molar-refractivity contribution < 1.29 is 17.7 Å². The highest BCUT2D eigenvalue weighted by molar-refractivity contribution is 7.92. The van der Waals surface area contributed by atoms with Gasteiger partial charge in [-0.3, -0.25) is 9.52 Å². The van der Waals surface area contributed by atoms with E-state index in [2.05, 4.69) is 15.2 Å². The van der Waals surface area contributed by atoms with Crippen LogP contribution in [0.25, 0.3) is 0 Å². The molecule has 1 heterocycles. The van der Waals surface area contributed by atoms with Crippen molar-refractivity contribution in [2.24, 2.45) is 0 Å². The van der Waals surface area contributed by atoms with Gasteiger partial charge in [-0.2, -0.15) is 0 Å². The Kier molecular flexibility index (Phi) is 5.08. The van der Waals surface area contributed by atoms with Gasteiger partial charge in [0.25, 0.3) is 15.9 Å². The minimum atomic E-state index is -3.77. The van der Waals surface area contributed by atoms with Gasteiger partial charge in [0, 0.05) is 17.7 Å². The lowest BCUT2D eigenvalue weighted by Crippen LogP contribution is -2.36. The van der Waals surface area contributed by atoms with E-state index in [1.807, 2.05) is 0 Å². The summed E-state index contributed by atoms with van der Waals surface area (Å²) in [7, 11) is -3.77. The molecule has 1 aliphatic rings. The highest BCUT2D eigenvalue weighted by Gasteiger charge is 2.19. The SMILES string of the molecule is Cc1cc(NS(=O)(=O)c2ccc(C(=O)NC3CCCCC3)cc2)no1. The van der Waals surface area contributed by atoms with Crippen molar-refractivity contribution in [2.45, 2.75) is 50.0 Å². The fourth-order valence-electron chi connectivity index (χ4n) is 2.91. The number of hydrogen-bond donors (Lipinski definition) is 2. The molecule has 1 amide bonds. The molecule has 25 heavy (non-hydrogen) atoms. The topological polar surface area (TPSA) is 101 Å². The number of aryl methyl sites for hydroxylation is 1. The zero-order valence-corrected chi connectivity index (χ0v) is 14.8. The first-order chi connectivity index (χ1) is 11.9. The number of hydrogen-bond acceptors (Lipinski definition) is 5. The molecule has 0 radical (unpaired) electrons. The maximum Gasteiger partial charge on any atom is 0.263 e. The summed E-state index contributed by atoms with van der Waals surface area (Å²) in [6.07, 6.45) is 5.49. The number of amides is 1. The number of carbonyl (C=O) groups excluding carboxylic acids is 1. The van der Waals surface area contributed by atoms with Crippen molar-refractivity contribution in [1.82, 2.24) is 10.5 Å². The van der Waals surface area contributed by atoms with E-state index in [1.54, 1.807) is 6.92 Å². The van der Waals surface area contributed by atoms with Crippen LogP contribution in [0, 0.1) is 6.92 Å². The van der Waals surface area contributed by atoms with E-state index >= 15 is 0 Å². The van der Waals surface area contributed by atoms with Crippen LogP contribution in [0.2, 0.25) is 0 Å². The zero-order chi connectivity index (χ0) is 17.9. The Hall–Kier alpha value is -2.35. The average molecular weight is 363 g/mol. The van der Waals surface area contributed by atoms with Gasteiger partial charge in [-0.15, -0.1) is 0 Å². The van der Waals surface area contributed by atoms with Gasteiger partial charge >= 0.3 is 0 Å². The molecule has 2 aromatic rings. The molecule has 1 aliphatic carbocycles. The van der Waals surface area contributed by atoms with E-state index < -0.39 is 10.0 Å². The number of carbonyl (C=O) groups is 1. The Bertz CT molecular complexity index is 837. The standard InChI is InChI=1S/C17H21N3O4S/c1-12-11-16(19-24-12)20-25(22,23)15-9-7-13(8-10-15)17(21)18-14-5-3-2-4-6-14/h7-11,14H,2-6H2,1H3,(H,18,21)(H,19,20). The molecule has 7 nitrogen and oxygen atoms in total. The smallest absolute Gasteiger partial charge is 0.263 e. The third-order valence-electron chi connectivity index (χ3n) is 4.23. The van der Waals surface area contributed by atoms with Gasteiger partial charge < -0.3 is 9.84 Å². The summed E-state index contributed by atoms with van der Waals surface area (Å²) in [5.74, 6) is 0.458. The van der Waals surface area contributed by atoms with Gasteiger partial charge in [-0.1, -0.05) is 24.4 Å². The van der Waals surface area contributed by atoms with Crippen LogP contribution in [0.4, 0.5) is 5.82 Å². The lowest BCUT2D eigenvalue weighted by atomic mass is 9.95. The molecule has 0 saturated heterocycles. The van der Waals surface area contributed by atoms with Gasteiger partial charge in [-0.25, -0.2) is 8.42 Å². The molecule has 3 rings (SSSR count). The molecule has 134 valence electrons. The van der Waals surface area contributed by atoms with Crippen molar-refractivity contribution in [3.8, 4) is 0 Å². The average Bonchev–Trinajstić information content (AvgIpc) is 3.00. The molecule has 0 aliphatic heterocycles. The lowest BCUT2D eigenvalue weighted by molar-refractivity contribution is 0.0927. The third-order valence-corrected chi connectivity index (χ3v) is 5.60. The molecule has 1 fully saturated rings. The first-order valence-electron chi connectivity index (χ1n) is 8.31. The third kappa shape index (κ3) is 4.39.